The number of benzene rings is 2. The largest absolute Gasteiger partial charge is 0.494 e. The number of amides is 3. The van der Waals surface area contributed by atoms with Crippen molar-refractivity contribution in [3.63, 3.8) is 0 Å². The number of anilines is 3. The lowest BCUT2D eigenvalue weighted by Gasteiger charge is -2.40. The SMILES string of the molecule is CN[C@@H](C)C(=O)N[C@H](C(=O)N1CCCC[C@H]1C(=O)Nc1cc2c(Nc3ccc(F)c(Cl)c3F)ncnc2cc1OC)C(C)(C)C. The van der Waals surface area contributed by atoms with Crippen molar-refractivity contribution in [3.05, 3.63) is 47.2 Å². The molecule has 14 heteroatoms. The van der Waals surface area contributed by atoms with Gasteiger partial charge in [0.2, 0.25) is 17.7 Å². The van der Waals surface area contributed by atoms with Crippen LogP contribution in [0.15, 0.2) is 30.6 Å². The van der Waals surface area contributed by atoms with E-state index in [1.54, 1.807) is 26.1 Å². The Bertz CT molecular complexity index is 1600. The van der Waals surface area contributed by atoms with Crippen LogP contribution >= 0.6 is 11.6 Å². The zero-order chi connectivity index (χ0) is 33.1. The lowest BCUT2D eigenvalue weighted by atomic mass is 9.84. The fraction of sp³-hybridized carbons (Fsp3) is 0.452. The summed E-state index contributed by atoms with van der Waals surface area (Å²) in [7, 11) is 3.10. The van der Waals surface area contributed by atoms with E-state index in [9.17, 15) is 23.2 Å². The van der Waals surface area contributed by atoms with Crippen LogP contribution in [-0.2, 0) is 14.4 Å². The smallest absolute Gasteiger partial charge is 0.247 e. The van der Waals surface area contributed by atoms with Gasteiger partial charge in [0.1, 0.15) is 40.8 Å². The second-order valence-electron chi connectivity index (χ2n) is 12.0. The van der Waals surface area contributed by atoms with Gasteiger partial charge in [-0.15, -0.1) is 0 Å². The van der Waals surface area contributed by atoms with Crippen molar-refractivity contribution in [2.75, 3.05) is 31.3 Å². The number of piperidine rings is 1. The predicted octanol–water partition coefficient (Wildman–Crippen LogP) is 4.77. The number of ether oxygens (including phenoxy) is 1. The van der Waals surface area contributed by atoms with Crippen LogP contribution in [0.4, 0.5) is 26.0 Å². The highest BCUT2D eigenvalue weighted by atomic mass is 35.5. The number of carbonyl (C=O) groups is 3. The van der Waals surface area contributed by atoms with Crippen LogP contribution in [0.2, 0.25) is 5.02 Å². The van der Waals surface area contributed by atoms with Gasteiger partial charge < -0.3 is 30.9 Å². The van der Waals surface area contributed by atoms with Gasteiger partial charge in [0.25, 0.3) is 0 Å². The maximum Gasteiger partial charge on any atom is 0.247 e. The predicted molar refractivity (Wildman–Crippen MR) is 169 cm³/mol. The Hall–Kier alpha value is -4.10. The van der Waals surface area contributed by atoms with Gasteiger partial charge >= 0.3 is 0 Å². The van der Waals surface area contributed by atoms with E-state index in [0.29, 0.717) is 36.0 Å². The van der Waals surface area contributed by atoms with Crippen molar-refractivity contribution in [3.8, 4) is 5.75 Å². The fourth-order valence-corrected chi connectivity index (χ4v) is 5.26. The highest BCUT2D eigenvalue weighted by Crippen LogP contribution is 2.35. The second-order valence-corrected chi connectivity index (χ2v) is 12.4. The van der Waals surface area contributed by atoms with Crippen LogP contribution in [0.5, 0.6) is 5.75 Å². The number of likely N-dealkylation sites (tertiary alicyclic amines) is 1. The van der Waals surface area contributed by atoms with Gasteiger partial charge in [-0.3, -0.25) is 14.4 Å². The van der Waals surface area contributed by atoms with Crippen LogP contribution in [-0.4, -0.2) is 71.4 Å². The van der Waals surface area contributed by atoms with Crippen molar-refractivity contribution in [1.29, 1.82) is 0 Å². The first-order chi connectivity index (χ1) is 21.3. The van der Waals surface area contributed by atoms with E-state index in [-0.39, 0.29) is 29.0 Å². The van der Waals surface area contributed by atoms with Gasteiger partial charge in [0.15, 0.2) is 5.82 Å². The Kier molecular flexibility index (Phi) is 10.4. The molecule has 3 atom stereocenters. The molecule has 4 rings (SSSR count). The Morgan fingerprint density at radius 2 is 1.84 bits per heavy atom. The molecule has 1 fully saturated rings. The molecule has 1 saturated heterocycles. The van der Waals surface area contributed by atoms with E-state index in [2.05, 4.69) is 31.2 Å². The van der Waals surface area contributed by atoms with Gasteiger partial charge in [0, 0.05) is 18.0 Å². The third kappa shape index (κ3) is 7.42. The molecule has 3 aromatic rings. The van der Waals surface area contributed by atoms with E-state index in [4.69, 9.17) is 16.3 Å². The minimum atomic E-state index is -0.988. The van der Waals surface area contributed by atoms with Crippen LogP contribution < -0.4 is 26.0 Å². The second kappa shape index (κ2) is 13.9. The van der Waals surface area contributed by atoms with E-state index in [1.807, 2.05) is 20.8 Å². The Morgan fingerprint density at radius 3 is 2.51 bits per heavy atom. The Morgan fingerprint density at radius 1 is 1.11 bits per heavy atom. The number of halogens is 3. The highest BCUT2D eigenvalue weighted by molar-refractivity contribution is 6.31. The van der Waals surface area contributed by atoms with Crippen LogP contribution in [0.1, 0.15) is 47.0 Å². The maximum atomic E-state index is 14.7. The van der Waals surface area contributed by atoms with E-state index >= 15 is 0 Å². The normalized spacial score (nSPS) is 16.6. The van der Waals surface area contributed by atoms with Crippen LogP contribution in [0.25, 0.3) is 10.9 Å². The van der Waals surface area contributed by atoms with Crippen molar-refractivity contribution < 1.29 is 27.9 Å². The summed E-state index contributed by atoms with van der Waals surface area (Å²) in [5.74, 6) is -2.52. The number of carbonyl (C=O) groups excluding carboxylic acids is 3. The monoisotopic (exact) mass is 645 g/mol. The molecule has 0 aliphatic carbocycles. The van der Waals surface area contributed by atoms with Crippen molar-refractivity contribution in [1.82, 2.24) is 25.5 Å². The molecule has 1 aromatic heterocycles. The molecule has 45 heavy (non-hydrogen) atoms. The summed E-state index contributed by atoms with van der Waals surface area (Å²) in [6.45, 7) is 7.63. The van der Waals surface area contributed by atoms with Gasteiger partial charge in [-0.2, -0.15) is 0 Å². The average Bonchev–Trinajstić information content (AvgIpc) is 3.02. The molecule has 0 saturated carbocycles. The molecule has 2 aromatic carbocycles. The standard InChI is InChI=1S/C31H38ClF2N7O4/c1-16(35-5)28(42)40-26(31(2,3)4)30(44)41-12-8-7-9-22(41)29(43)39-21-13-17-20(14-23(21)45-6)36-15-37-27(17)38-19-11-10-18(33)24(32)25(19)34/h10-11,13-16,22,26,35H,7-9,12H2,1-6H3,(H,39,43)(H,40,42)(H,36,37,38)/t16-,22-,26+/m0/s1. The maximum absolute atomic E-state index is 14.7. The molecular weight excluding hydrogens is 608 g/mol. The number of hydrogen-bond donors (Lipinski definition) is 4. The highest BCUT2D eigenvalue weighted by Gasteiger charge is 2.41. The summed E-state index contributed by atoms with van der Waals surface area (Å²) in [5, 5.41) is 11.2. The summed E-state index contributed by atoms with van der Waals surface area (Å²) in [6.07, 6.45) is 3.13. The molecule has 0 bridgehead atoms. The lowest BCUT2D eigenvalue weighted by molar-refractivity contribution is -0.146. The fourth-order valence-electron chi connectivity index (χ4n) is 5.10. The quantitative estimate of drug-likeness (QED) is 0.244. The molecule has 0 radical (unpaired) electrons. The summed E-state index contributed by atoms with van der Waals surface area (Å²) >= 11 is 5.75. The topological polar surface area (TPSA) is 138 Å². The number of methoxy groups -OCH3 is 1. The summed E-state index contributed by atoms with van der Waals surface area (Å²) in [5.41, 5.74) is -0.0431. The number of fused-ring (bicyclic) bond motifs is 1. The number of nitrogens with zero attached hydrogens (tertiary/aromatic N) is 3. The van der Waals surface area contributed by atoms with E-state index < -0.39 is 46.1 Å². The average molecular weight is 646 g/mol. The van der Waals surface area contributed by atoms with Crippen molar-refractivity contribution >= 4 is 57.4 Å². The first-order valence-corrected chi connectivity index (χ1v) is 15.0. The van der Waals surface area contributed by atoms with Crippen molar-refractivity contribution in [2.45, 2.75) is 65.1 Å². The first kappa shape index (κ1) is 33.8. The number of likely N-dealkylation sites (N-methyl/N-ethyl adjacent to an activating group) is 1. The van der Waals surface area contributed by atoms with E-state index in [0.717, 1.165) is 12.5 Å². The molecule has 0 spiro atoms. The van der Waals surface area contributed by atoms with Gasteiger partial charge in [-0.05, 0) is 56.8 Å². The number of rotatable bonds is 9. The van der Waals surface area contributed by atoms with Gasteiger partial charge in [-0.1, -0.05) is 32.4 Å². The van der Waals surface area contributed by atoms with Crippen molar-refractivity contribution in [2.24, 2.45) is 5.41 Å². The summed E-state index contributed by atoms with van der Waals surface area (Å²) in [4.78, 5) is 50.5. The molecule has 0 unspecified atom stereocenters. The number of hydrogen-bond acceptors (Lipinski definition) is 8. The van der Waals surface area contributed by atoms with Crippen LogP contribution in [0.3, 0.4) is 0 Å². The minimum absolute atomic E-state index is 0.108. The number of aromatic nitrogens is 2. The summed E-state index contributed by atoms with van der Waals surface area (Å²) in [6, 6.07) is 3.19. The Balaban J connectivity index is 1.64. The van der Waals surface area contributed by atoms with Gasteiger partial charge in [-0.25, -0.2) is 18.7 Å². The molecule has 11 nitrogen and oxygen atoms in total. The van der Waals surface area contributed by atoms with Crippen LogP contribution in [0, 0.1) is 17.0 Å². The molecule has 4 N–H and O–H groups in total. The zero-order valence-corrected chi connectivity index (χ0v) is 26.8. The third-order valence-electron chi connectivity index (χ3n) is 7.82. The Labute approximate surface area is 265 Å². The number of nitrogens with one attached hydrogen (secondary N) is 4. The van der Waals surface area contributed by atoms with E-state index in [1.165, 1.54) is 24.4 Å². The summed E-state index contributed by atoms with van der Waals surface area (Å²) < 4.78 is 33.9. The molecule has 242 valence electrons. The molecule has 1 aliphatic rings. The van der Waals surface area contributed by atoms with Gasteiger partial charge in [0.05, 0.1) is 30.0 Å². The molecule has 1 aliphatic heterocycles. The minimum Gasteiger partial charge on any atom is -0.494 e. The molecule has 3 amide bonds. The molecular formula is C31H38ClF2N7O4. The third-order valence-corrected chi connectivity index (χ3v) is 8.16. The first-order valence-electron chi connectivity index (χ1n) is 14.6. The zero-order valence-electron chi connectivity index (χ0n) is 26.1. The lowest BCUT2D eigenvalue weighted by Crippen LogP contribution is -2.61. The molecule has 2 heterocycles.